The Labute approximate surface area is 135 Å². The number of aryl methyl sites for hydroxylation is 1. The summed E-state index contributed by atoms with van der Waals surface area (Å²) in [6.45, 7) is 1.93. The van der Waals surface area contributed by atoms with Crippen molar-refractivity contribution in [1.82, 2.24) is 0 Å². The van der Waals surface area contributed by atoms with Gasteiger partial charge in [0.05, 0.1) is 13.0 Å². The highest BCUT2D eigenvalue weighted by Crippen LogP contribution is 2.22. The van der Waals surface area contributed by atoms with Crippen LogP contribution >= 0.6 is 0 Å². The van der Waals surface area contributed by atoms with Crippen LogP contribution in [0.3, 0.4) is 0 Å². The molecule has 0 aliphatic carbocycles. The third-order valence-corrected chi connectivity index (χ3v) is 3.44. The molecule has 0 aliphatic rings. The monoisotopic (exact) mass is 311 g/mol. The molecule has 4 N–H and O–H groups in total. The van der Waals surface area contributed by atoms with Crippen LogP contribution in [0.5, 0.6) is 0 Å². The predicted octanol–water partition coefficient (Wildman–Crippen LogP) is 2.33. The van der Waals surface area contributed by atoms with Crippen molar-refractivity contribution in [1.29, 1.82) is 0 Å². The molecule has 0 heterocycles. The van der Waals surface area contributed by atoms with Crippen LogP contribution in [0.15, 0.2) is 48.5 Å². The second-order valence-electron chi connectivity index (χ2n) is 5.19. The Hall–Kier alpha value is -2.66. The standard InChI is InChI=1S/C18H21N3O2/c1-2-14-8-9-15(11-16(14)21-18(23)12-19)20-17(22)10-13-6-4-3-5-7-13/h3-9,11H,2,10,12,19H2,1H3,(H,20,22)(H,21,23). The summed E-state index contributed by atoms with van der Waals surface area (Å²) < 4.78 is 0. The Balaban J connectivity index is 2.08. The van der Waals surface area contributed by atoms with Gasteiger partial charge in [-0.15, -0.1) is 0 Å². The second-order valence-corrected chi connectivity index (χ2v) is 5.19. The number of carbonyl (C=O) groups is 2. The van der Waals surface area contributed by atoms with E-state index >= 15 is 0 Å². The minimum atomic E-state index is -0.257. The van der Waals surface area contributed by atoms with Crippen molar-refractivity contribution in [3.63, 3.8) is 0 Å². The molecule has 0 aliphatic heterocycles. The van der Waals surface area contributed by atoms with Gasteiger partial charge in [0.2, 0.25) is 11.8 Å². The van der Waals surface area contributed by atoms with Gasteiger partial charge < -0.3 is 16.4 Å². The van der Waals surface area contributed by atoms with Crippen molar-refractivity contribution in [2.75, 3.05) is 17.2 Å². The molecule has 0 bridgehead atoms. The van der Waals surface area contributed by atoms with Gasteiger partial charge in [0.25, 0.3) is 0 Å². The summed E-state index contributed by atoms with van der Waals surface area (Å²) in [5, 5.41) is 5.61. The van der Waals surface area contributed by atoms with Crippen LogP contribution in [-0.2, 0) is 22.4 Å². The lowest BCUT2D eigenvalue weighted by Crippen LogP contribution is -2.22. The minimum Gasteiger partial charge on any atom is -0.326 e. The average Bonchev–Trinajstić information content (AvgIpc) is 2.56. The minimum absolute atomic E-state index is 0.0756. The first-order chi connectivity index (χ1) is 11.1. The number of rotatable bonds is 6. The first kappa shape index (κ1) is 16.7. The van der Waals surface area contributed by atoms with Gasteiger partial charge in [-0.3, -0.25) is 9.59 Å². The molecular formula is C18H21N3O2. The number of hydrogen-bond donors (Lipinski definition) is 3. The molecule has 0 saturated carbocycles. The highest BCUT2D eigenvalue weighted by atomic mass is 16.2. The Morgan fingerprint density at radius 2 is 1.74 bits per heavy atom. The fraction of sp³-hybridized carbons (Fsp3) is 0.222. The Morgan fingerprint density at radius 1 is 1.00 bits per heavy atom. The number of amides is 2. The first-order valence-corrected chi connectivity index (χ1v) is 7.59. The molecule has 2 aromatic carbocycles. The predicted molar refractivity (Wildman–Crippen MR) is 92.3 cm³/mol. The highest BCUT2D eigenvalue weighted by molar-refractivity contribution is 5.96. The molecule has 0 fully saturated rings. The fourth-order valence-corrected chi connectivity index (χ4v) is 2.27. The van der Waals surface area contributed by atoms with Crippen molar-refractivity contribution < 1.29 is 9.59 Å². The van der Waals surface area contributed by atoms with Crippen molar-refractivity contribution in [2.45, 2.75) is 19.8 Å². The number of hydrogen-bond acceptors (Lipinski definition) is 3. The van der Waals surface area contributed by atoms with Crippen molar-refractivity contribution in [3.8, 4) is 0 Å². The summed E-state index contributed by atoms with van der Waals surface area (Å²) in [5.74, 6) is -0.357. The van der Waals surface area contributed by atoms with E-state index in [1.165, 1.54) is 0 Å². The lowest BCUT2D eigenvalue weighted by Gasteiger charge is -2.12. The SMILES string of the molecule is CCc1ccc(NC(=O)Cc2ccccc2)cc1NC(=O)CN. The van der Waals surface area contributed by atoms with Gasteiger partial charge in [0, 0.05) is 11.4 Å². The van der Waals surface area contributed by atoms with E-state index in [1.807, 2.05) is 49.4 Å². The summed E-state index contributed by atoms with van der Waals surface area (Å²) in [5.41, 5.74) is 8.61. The molecule has 0 radical (unpaired) electrons. The summed E-state index contributed by atoms with van der Waals surface area (Å²) in [7, 11) is 0. The molecule has 2 amide bonds. The summed E-state index contributed by atoms with van der Waals surface area (Å²) in [6.07, 6.45) is 1.08. The van der Waals surface area contributed by atoms with Crippen molar-refractivity contribution in [3.05, 3.63) is 59.7 Å². The first-order valence-electron chi connectivity index (χ1n) is 7.59. The van der Waals surface area contributed by atoms with Gasteiger partial charge in [-0.2, -0.15) is 0 Å². The molecule has 0 spiro atoms. The maximum Gasteiger partial charge on any atom is 0.238 e. The van der Waals surface area contributed by atoms with Crippen LogP contribution in [0.2, 0.25) is 0 Å². The average molecular weight is 311 g/mol. The van der Waals surface area contributed by atoms with Gasteiger partial charge >= 0.3 is 0 Å². The molecule has 0 atom stereocenters. The third-order valence-electron chi connectivity index (χ3n) is 3.44. The second kappa shape index (κ2) is 8.10. The van der Waals surface area contributed by atoms with Crippen molar-refractivity contribution >= 4 is 23.2 Å². The Bertz CT molecular complexity index is 684. The van der Waals surface area contributed by atoms with E-state index in [9.17, 15) is 9.59 Å². The topological polar surface area (TPSA) is 84.2 Å². The zero-order valence-electron chi connectivity index (χ0n) is 13.1. The molecule has 23 heavy (non-hydrogen) atoms. The molecule has 0 saturated heterocycles. The highest BCUT2D eigenvalue weighted by Gasteiger charge is 2.08. The summed E-state index contributed by atoms with van der Waals surface area (Å²) in [6, 6.07) is 15.0. The van der Waals surface area contributed by atoms with Gasteiger partial charge in [0.15, 0.2) is 0 Å². The number of benzene rings is 2. The quantitative estimate of drug-likeness (QED) is 0.765. The molecule has 2 rings (SSSR count). The van der Waals surface area contributed by atoms with Crippen LogP contribution in [0.1, 0.15) is 18.1 Å². The number of carbonyl (C=O) groups excluding carboxylic acids is 2. The molecule has 120 valence electrons. The van der Waals surface area contributed by atoms with E-state index in [1.54, 1.807) is 6.07 Å². The molecule has 5 nitrogen and oxygen atoms in total. The van der Waals surface area contributed by atoms with Crippen LogP contribution < -0.4 is 16.4 Å². The van der Waals surface area contributed by atoms with E-state index in [-0.39, 0.29) is 18.4 Å². The van der Waals surface area contributed by atoms with Crippen molar-refractivity contribution in [2.24, 2.45) is 5.73 Å². The third kappa shape index (κ3) is 4.93. The molecule has 0 unspecified atom stereocenters. The Kier molecular flexibility index (Phi) is 5.88. The number of nitrogens with two attached hydrogens (primary N) is 1. The van der Waals surface area contributed by atoms with Gasteiger partial charge in [0.1, 0.15) is 0 Å². The molecule has 2 aromatic rings. The van der Waals surface area contributed by atoms with E-state index in [2.05, 4.69) is 10.6 Å². The lowest BCUT2D eigenvalue weighted by molar-refractivity contribution is -0.116. The van der Waals surface area contributed by atoms with E-state index in [0.29, 0.717) is 17.8 Å². The van der Waals surface area contributed by atoms with Crippen LogP contribution in [0.4, 0.5) is 11.4 Å². The summed E-state index contributed by atoms with van der Waals surface area (Å²) >= 11 is 0. The van der Waals surface area contributed by atoms with Gasteiger partial charge in [-0.05, 0) is 29.7 Å². The number of nitrogens with one attached hydrogen (secondary N) is 2. The number of anilines is 2. The zero-order valence-corrected chi connectivity index (χ0v) is 13.1. The van der Waals surface area contributed by atoms with E-state index in [4.69, 9.17) is 5.73 Å². The molecular weight excluding hydrogens is 290 g/mol. The maximum absolute atomic E-state index is 12.1. The fourth-order valence-electron chi connectivity index (χ4n) is 2.27. The zero-order chi connectivity index (χ0) is 16.7. The molecule has 5 heteroatoms. The lowest BCUT2D eigenvalue weighted by atomic mass is 10.1. The van der Waals surface area contributed by atoms with Crippen LogP contribution in [-0.4, -0.2) is 18.4 Å². The smallest absolute Gasteiger partial charge is 0.238 e. The van der Waals surface area contributed by atoms with Gasteiger partial charge in [-0.1, -0.05) is 43.3 Å². The Morgan fingerprint density at radius 3 is 2.39 bits per heavy atom. The van der Waals surface area contributed by atoms with Gasteiger partial charge in [-0.25, -0.2) is 0 Å². The maximum atomic E-state index is 12.1. The normalized spacial score (nSPS) is 10.2. The van der Waals surface area contributed by atoms with Crippen LogP contribution in [0.25, 0.3) is 0 Å². The van der Waals surface area contributed by atoms with E-state index < -0.39 is 0 Å². The largest absolute Gasteiger partial charge is 0.326 e. The van der Waals surface area contributed by atoms with Crippen LogP contribution in [0, 0.1) is 0 Å². The summed E-state index contributed by atoms with van der Waals surface area (Å²) in [4.78, 5) is 23.6. The molecule has 0 aromatic heterocycles. The van der Waals surface area contributed by atoms with E-state index in [0.717, 1.165) is 17.5 Å².